The van der Waals surface area contributed by atoms with Gasteiger partial charge in [0.25, 0.3) is 0 Å². The van der Waals surface area contributed by atoms with Crippen molar-refractivity contribution in [1.82, 2.24) is 0 Å². The van der Waals surface area contributed by atoms with Crippen LogP contribution in [0.5, 0.6) is 0 Å². The molecule has 0 bridgehead atoms. The number of furan rings is 1. The summed E-state index contributed by atoms with van der Waals surface area (Å²) in [6, 6.07) is 85.0. The van der Waals surface area contributed by atoms with Gasteiger partial charge >= 0.3 is 0 Å². The topological polar surface area (TPSA) is 19.6 Å². The summed E-state index contributed by atoms with van der Waals surface area (Å²) in [6.45, 7) is 4.74. The van der Waals surface area contributed by atoms with Crippen molar-refractivity contribution >= 4 is 56.1 Å². The quantitative estimate of drug-likeness (QED) is 0.166. The largest absolute Gasteiger partial charge is 0.454 e. The summed E-state index contributed by atoms with van der Waals surface area (Å²) < 4.78 is 6.75. The molecule has 67 heavy (non-hydrogen) atoms. The molecule has 3 aliphatic rings. The molecule has 3 heteroatoms. The van der Waals surface area contributed by atoms with E-state index in [0.29, 0.717) is 0 Å². The van der Waals surface area contributed by atoms with Crippen molar-refractivity contribution < 1.29 is 4.42 Å². The Labute approximate surface area is 390 Å². The second-order valence-electron chi connectivity index (χ2n) is 18.8. The predicted octanol–water partition coefficient (Wildman–Crippen LogP) is 17.2. The molecule has 0 radical (unpaired) electrons. The van der Waals surface area contributed by atoms with Crippen molar-refractivity contribution in [2.24, 2.45) is 0 Å². The van der Waals surface area contributed by atoms with Crippen LogP contribution in [0, 0.1) is 0 Å². The Balaban J connectivity index is 1.02. The summed E-state index contributed by atoms with van der Waals surface area (Å²) in [5, 5.41) is 2.22. The van der Waals surface area contributed by atoms with E-state index in [1.807, 2.05) is 6.07 Å². The lowest BCUT2D eigenvalue weighted by Gasteiger charge is -2.33. The van der Waals surface area contributed by atoms with Crippen LogP contribution in [0.2, 0.25) is 0 Å². The average molecular weight is 857 g/mol. The van der Waals surface area contributed by atoms with Crippen molar-refractivity contribution in [2.45, 2.75) is 24.7 Å². The molecular formula is C64H44N2O. The summed E-state index contributed by atoms with van der Waals surface area (Å²) >= 11 is 0. The van der Waals surface area contributed by atoms with Crippen molar-refractivity contribution in [2.75, 3.05) is 9.80 Å². The van der Waals surface area contributed by atoms with Crippen LogP contribution in [-0.4, -0.2) is 0 Å². The smallest absolute Gasteiger partial charge is 0.159 e. The first kappa shape index (κ1) is 37.9. The maximum atomic E-state index is 6.75. The zero-order valence-electron chi connectivity index (χ0n) is 37.2. The van der Waals surface area contributed by atoms with Gasteiger partial charge < -0.3 is 14.2 Å². The predicted molar refractivity (Wildman–Crippen MR) is 277 cm³/mol. The summed E-state index contributed by atoms with van der Waals surface area (Å²) in [5.74, 6) is 0. The Hall–Kier alpha value is -8.40. The third kappa shape index (κ3) is 5.17. The molecule has 3 nitrogen and oxygen atoms in total. The van der Waals surface area contributed by atoms with Gasteiger partial charge in [-0.05, 0) is 128 Å². The maximum Gasteiger partial charge on any atom is 0.159 e. The molecule has 1 unspecified atom stereocenters. The molecule has 0 saturated heterocycles. The van der Waals surface area contributed by atoms with E-state index in [9.17, 15) is 0 Å². The van der Waals surface area contributed by atoms with Crippen molar-refractivity contribution in [3.8, 4) is 33.4 Å². The van der Waals surface area contributed by atoms with Crippen molar-refractivity contribution in [3.63, 3.8) is 0 Å². The minimum atomic E-state index is -0.596. The van der Waals surface area contributed by atoms with E-state index >= 15 is 0 Å². The Morgan fingerprint density at radius 3 is 1.52 bits per heavy atom. The standard InChI is InChI=1S/C64H44N2O/c1-63(2)52-28-13-9-23-45(52)47-37-35-43(39-56(47)63)65(41-19-5-3-6-20-41)58-32-18-31-55-61(58)51-26-11-15-30-54(51)64(55)53-29-14-10-24-46(53)48-38-36-44(40-57(48)64)66(42-21-7-4-8-22-42)59-33-17-27-50-49-25-12-16-34-60(49)67-62(50)59/h3-40H,1-2H3. The molecule has 0 amide bonds. The van der Waals surface area contributed by atoms with Crippen LogP contribution in [0.1, 0.15) is 47.2 Å². The molecule has 11 aromatic rings. The highest BCUT2D eigenvalue weighted by Crippen LogP contribution is 2.65. The number of nitrogens with zero attached hydrogens (tertiary/aromatic N) is 2. The third-order valence-corrected chi connectivity index (χ3v) is 15.1. The maximum absolute atomic E-state index is 6.75. The van der Waals surface area contributed by atoms with Crippen LogP contribution >= 0.6 is 0 Å². The van der Waals surface area contributed by atoms with Crippen molar-refractivity contribution in [1.29, 1.82) is 0 Å². The van der Waals surface area contributed by atoms with Gasteiger partial charge in [0.05, 0.1) is 16.8 Å². The number of hydrogen-bond acceptors (Lipinski definition) is 3. The van der Waals surface area contributed by atoms with E-state index < -0.39 is 5.41 Å². The van der Waals surface area contributed by atoms with Gasteiger partial charge in [-0.3, -0.25) is 0 Å². The third-order valence-electron chi connectivity index (χ3n) is 15.1. The molecule has 0 fully saturated rings. The van der Waals surface area contributed by atoms with Gasteiger partial charge in [-0.2, -0.15) is 0 Å². The molecule has 1 atom stereocenters. The number of fused-ring (bicyclic) bond motifs is 16. The molecule has 1 heterocycles. The number of hydrogen-bond donors (Lipinski definition) is 0. The second-order valence-corrected chi connectivity index (χ2v) is 18.8. The Morgan fingerprint density at radius 2 is 0.806 bits per heavy atom. The number of rotatable bonds is 6. The van der Waals surface area contributed by atoms with Crippen LogP contribution < -0.4 is 9.80 Å². The van der Waals surface area contributed by atoms with E-state index in [0.717, 1.165) is 56.1 Å². The lowest BCUT2D eigenvalue weighted by atomic mass is 9.70. The van der Waals surface area contributed by atoms with Crippen LogP contribution in [-0.2, 0) is 10.8 Å². The fourth-order valence-corrected chi connectivity index (χ4v) is 12.2. The van der Waals surface area contributed by atoms with Gasteiger partial charge in [-0.15, -0.1) is 0 Å². The summed E-state index contributed by atoms with van der Waals surface area (Å²) in [4.78, 5) is 4.88. The first-order chi connectivity index (χ1) is 33.0. The fraction of sp³-hybridized carbons (Fsp3) is 0.0625. The van der Waals surface area contributed by atoms with Crippen LogP contribution in [0.15, 0.2) is 235 Å². The minimum absolute atomic E-state index is 0.141. The Bertz CT molecular complexity index is 3810. The SMILES string of the molecule is CC1(C)c2ccccc2-c2ccc(N(c3ccccc3)c3cccc4c3-c3ccccc3C43c4ccccc4-c4ccc(N(c5ccccc5)c5cccc6c5oc5ccccc56)cc43)cc21. The van der Waals surface area contributed by atoms with Crippen LogP contribution in [0.4, 0.5) is 34.1 Å². The van der Waals surface area contributed by atoms with Gasteiger partial charge in [0.2, 0.25) is 0 Å². The molecule has 1 spiro atoms. The Morgan fingerprint density at radius 1 is 0.328 bits per heavy atom. The average Bonchev–Trinajstić information content (AvgIpc) is 4.07. The summed E-state index contributed by atoms with van der Waals surface area (Å²) in [7, 11) is 0. The first-order valence-electron chi connectivity index (χ1n) is 23.3. The van der Waals surface area contributed by atoms with E-state index in [1.165, 1.54) is 66.8 Å². The molecular weight excluding hydrogens is 813 g/mol. The zero-order chi connectivity index (χ0) is 44.4. The molecule has 0 saturated carbocycles. The van der Waals surface area contributed by atoms with Gasteiger partial charge in [0, 0.05) is 44.5 Å². The summed E-state index contributed by atoms with van der Waals surface area (Å²) in [6.07, 6.45) is 0. The van der Waals surface area contributed by atoms with Gasteiger partial charge in [-0.25, -0.2) is 0 Å². The lowest BCUT2D eigenvalue weighted by Crippen LogP contribution is -2.26. The number of anilines is 6. The molecule has 1 aromatic heterocycles. The first-order valence-corrected chi connectivity index (χ1v) is 23.3. The van der Waals surface area contributed by atoms with Crippen molar-refractivity contribution in [3.05, 3.63) is 264 Å². The van der Waals surface area contributed by atoms with Crippen LogP contribution in [0.25, 0.3) is 55.3 Å². The Kier molecular flexibility index (Phi) is 7.95. The van der Waals surface area contributed by atoms with E-state index in [4.69, 9.17) is 4.42 Å². The summed E-state index contributed by atoms with van der Waals surface area (Å²) in [5.41, 5.74) is 23.1. The highest BCUT2D eigenvalue weighted by Gasteiger charge is 2.53. The molecule has 14 rings (SSSR count). The van der Waals surface area contributed by atoms with Crippen LogP contribution in [0.3, 0.4) is 0 Å². The molecule has 316 valence electrons. The van der Waals surface area contributed by atoms with Gasteiger partial charge in [-0.1, -0.05) is 178 Å². The normalized spacial score (nSPS) is 15.5. The van der Waals surface area contributed by atoms with Gasteiger partial charge in [0.1, 0.15) is 5.58 Å². The highest BCUT2D eigenvalue weighted by molar-refractivity contribution is 6.10. The van der Waals surface area contributed by atoms with E-state index in [2.05, 4.69) is 248 Å². The number of benzene rings is 10. The molecule has 10 aromatic carbocycles. The highest BCUT2D eigenvalue weighted by atomic mass is 16.3. The fourth-order valence-electron chi connectivity index (χ4n) is 12.2. The van der Waals surface area contributed by atoms with Gasteiger partial charge in [0.15, 0.2) is 5.58 Å². The minimum Gasteiger partial charge on any atom is -0.454 e. The molecule has 0 aliphatic heterocycles. The lowest BCUT2D eigenvalue weighted by molar-refractivity contribution is 0.660. The molecule has 0 N–H and O–H groups in total. The van der Waals surface area contributed by atoms with E-state index in [1.54, 1.807) is 0 Å². The van der Waals surface area contributed by atoms with E-state index in [-0.39, 0.29) is 5.41 Å². The zero-order valence-corrected chi connectivity index (χ0v) is 37.2. The molecule has 3 aliphatic carbocycles. The second kappa shape index (κ2) is 14.1. The monoisotopic (exact) mass is 856 g/mol. The number of para-hydroxylation sites is 4.